The molecule has 0 saturated heterocycles. The Balaban J connectivity index is 1.55. The second-order valence-electron chi connectivity index (χ2n) is 5.01. The van der Waals surface area contributed by atoms with Gasteiger partial charge in [-0.05, 0) is 47.8 Å². The number of alkyl halides is 1. The number of benzene rings is 2. The monoisotopic (exact) mass is 332 g/mol. The van der Waals surface area contributed by atoms with Crippen molar-refractivity contribution in [2.24, 2.45) is 5.92 Å². The minimum atomic E-state index is 0.542. The van der Waals surface area contributed by atoms with E-state index in [0.29, 0.717) is 4.83 Å². The summed E-state index contributed by atoms with van der Waals surface area (Å²) in [7, 11) is 0. The molecule has 1 aliphatic rings. The van der Waals surface area contributed by atoms with Gasteiger partial charge in [0.05, 0.1) is 0 Å². The van der Waals surface area contributed by atoms with E-state index in [4.69, 9.17) is 0 Å². The van der Waals surface area contributed by atoms with E-state index in [1.807, 2.05) is 11.8 Å². The fraction of sp³-hybridized carbons (Fsp3) is 0.294. The average Bonchev–Trinajstić information content (AvgIpc) is 2.78. The van der Waals surface area contributed by atoms with Crippen molar-refractivity contribution in [1.82, 2.24) is 0 Å². The quantitative estimate of drug-likeness (QED) is 0.527. The van der Waals surface area contributed by atoms with Crippen LogP contribution in [0.15, 0.2) is 59.5 Å². The normalized spacial score (nSPS) is 21.3. The number of hydrogen-bond donors (Lipinski definition) is 0. The van der Waals surface area contributed by atoms with E-state index in [0.717, 1.165) is 5.92 Å². The average molecular weight is 333 g/mol. The fourth-order valence-corrected chi connectivity index (χ4v) is 4.63. The van der Waals surface area contributed by atoms with E-state index in [-0.39, 0.29) is 0 Å². The predicted octanol–water partition coefficient (Wildman–Crippen LogP) is 5.48. The molecule has 0 N–H and O–H groups in total. The molecule has 0 heterocycles. The van der Waals surface area contributed by atoms with Crippen molar-refractivity contribution >= 4 is 27.7 Å². The first-order valence-electron chi connectivity index (χ1n) is 6.74. The molecule has 0 radical (unpaired) electrons. The Bertz CT molecular complexity index is 538. The third-order valence-corrected chi connectivity index (χ3v) is 6.03. The van der Waals surface area contributed by atoms with Gasteiger partial charge in [-0.2, -0.15) is 0 Å². The van der Waals surface area contributed by atoms with Crippen LogP contribution in [0.2, 0.25) is 0 Å². The van der Waals surface area contributed by atoms with Crippen molar-refractivity contribution in [3.8, 4) is 0 Å². The number of thioether (sulfide) groups is 1. The van der Waals surface area contributed by atoms with Crippen LogP contribution in [0.3, 0.4) is 0 Å². The largest absolute Gasteiger partial charge is 0.126 e. The molecule has 2 aromatic rings. The Morgan fingerprint density at radius 3 is 2.53 bits per heavy atom. The fourth-order valence-electron chi connectivity index (χ4n) is 2.72. The van der Waals surface area contributed by atoms with Gasteiger partial charge in [0.15, 0.2) is 0 Å². The molecular weight excluding hydrogens is 316 g/mol. The van der Waals surface area contributed by atoms with E-state index in [1.165, 1.54) is 34.6 Å². The summed E-state index contributed by atoms with van der Waals surface area (Å²) in [5.41, 5.74) is 3.02. The summed E-state index contributed by atoms with van der Waals surface area (Å²) in [5.74, 6) is 1.94. The van der Waals surface area contributed by atoms with Crippen molar-refractivity contribution in [2.45, 2.75) is 22.6 Å². The Labute approximate surface area is 127 Å². The van der Waals surface area contributed by atoms with Crippen LogP contribution < -0.4 is 0 Å². The zero-order valence-corrected chi connectivity index (χ0v) is 13.2. The molecule has 2 heteroatoms. The smallest absolute Gasteiger partial charge is 0.0429 e. The topological polar surface area (TPSA) is 0 Å². The lowest BCUT2D eigenvalue weighted by Gasteiger charge is -2.14. The van der Waals surface area contributed by atoms with Crippen LogP contribution >= 0.6 is 27.7 Å². The lowest BCUT2D eigenvalue weighted by Crippen LogP contribution is -2.03. The standard InChI is InChI=1S/C17H17BrS/c18-17-14(12-13-6-4-5-9-16(13)17)10-11-19-15-7-2-1-3-8-15/h1-9,14,17H,10-12H2. The van der Waals surface area contributed by atoms with Crippen molar-refractivity contribution in [2.75, 3.05) is 5.75 Å². The summed E-state index contributed by atoms with van der Waals surface area (Å²) in [4.78, 5) is 1.92. The predicted molar refractivity (Wildman–Crippen MR) is 87.1 cm³/mol. The molecule has 2 unspecified atom stereocenters. The summed E-state index contributed by atoms with van der Waals surface area (Å²) in [5, 5.41) is 0. The van der Waals surface area contributed by atoms with E-state index in [9.17, 15) is 0 Å². The highest BCUT2D eigenvalue weighted by molar-refractivity contribution is 9.09. The van der Waals surface area contributed by atoms with Crippen molar-refractivity contribution in [3.63, 3.8) is 0 Å². The minimum Gasteiger partial charge on any atom is -0.126 e. The second kappa shape index (κ2) is 6.15. The first-order chi connectivity index (χ1) is 9.34. The van der Waals surface area contributed by atoms with Crippen LogP contribution in [0.4, 0.5) is 0 Å². The van der Waals surface area contributed by atoms with E-state index < -0.39 is 0 Å². The molecule has 0 saturated carbocycles. The summed E-state index contributed by atoms with van der Waals surface area (Å²) in [6, 6.07) is 19.5. The van der Waals surface area contributed by atoms with Crippen LogP contribution in [-0.4, -0.2) is 5.75 Å². The molecule has 19 heavy (non-hydrogen) atoms. The van der Waals surface area contributed by atoms with Crippen LogP contribution in [0.5, 0.6) is 0 Å². The van der Waals surface area contributed by atoms with Crippen molar-refractivity contribution in [1.29, 1.82) is 0 Å². The van der Waals surface area contributed by atoms with Gasteiger partial charge >= 0.3 is 0 Å². The molecule has 3 rings (SSSR count). The Hall–Kier alpha value is -0.730. The van der Waals surface area contributed by atoms with Gasteiger partial charge in [-0.3, -0.25) is 0 Å². The van der Waals surface area contributed by atoms with Gasteiger partial charge in [-0.1, -0.05) is 58.4 Å². The number of fused-ring (bicyclic) bond motifs is 1. The zero-order chi connectivity index (χ0) is 13.1. The molecule has 0 spiro atoms. The molecule has 0 aliphatic heterocycles. The summed E-state index contributed by atoms with van der Waals surface area (Å²) >= 11 is 5.85. The number of hydrogen-bond acceptors (Lipinski definition) is 1. The van der Waals surface area contributed by atoms with Crippen molar-refractivity contribution < 1.29 is 0 Å². The summed E-state index contributed by atoms with van der Waals surface area (Å²) < 4.78 is 0. The van der Waals surface area contributed by atoms with Crippen LogP contribution in [-0.2, 0) is 6.42 Å². The van der Waals surface area contributed by atoms with Gasteiger partial charge in [0.25, 0.3) is 0 Å². The zero-order valence-electron chi connectivity index (χ0n) is 10.8. The number of rotatable bonds is 4. The number of halogens is 1. The highest BCUT2D eigenvalue weighted by atomic mass is 79.9. The third kappa shape index (κ3) is 3.06. The maximum absolute atomic E-state index is 3.88. The Morgan fingerprint density at radius 1 is 1.00 bits per heavy atom. The minimum absolute atomic E-state index is 0.542. The lowest BCUT2D eigenvalue weighted by atomic mass is 10.0. The molecule has 2 atom stereocenters. The molecule has 0 nitrogen and oxygen atoms in total. The molecule has 0 amide bonds. The highest BCUT2D eigenvalue weighted by Gasteiger charge is 2.29. The highest BCUT2D eigenvalue weighted by Crippen LogP contribution is 2.44. The van der Waals surface area contributed by atoms with Crippen LogP contribution in [0.1, 0.15) is 22.4 Å². The first kappa shape index (κ1) is 13.3. The van der Waals surface area contributed by atoms with E-state index in [1.54, 1.807) is 0 Å². The molecule has 0 fully saturated rings. The van der Waals surface area contributed by atoms with Crippen LogP contribution in [0, 0.1) is 5.92 Å². The van der Waals surface area contributed by atoms with Gasteiger partial charge in [-0.15, -0.1) is 11.8 Å². The Morgan fingerprint density at radius 2 is 1.74 bits per heavy atom. The first-order valence-corrected chi connectivity index (χ1v) is 8.64. The van der Waals surface area contributed by atoms with Gasteiger partial charge in [0.2, 0.25) is 0 Å². The summed E-state index contributed by atoms with van der Waals surface area (Å²) in [6.45, 7) is 0. The second-order valence-corrected chi connectivity index (χ2v) is 7.17. The van der Waals surface area contributed by atoms with Gasteiger partial charge < -0.3 is 0 Å². The van der Waals surface area contributed by atoms with Gasteiger partial charge in [0, 0.05) is 9.72 Å². The molecule has 98 valence electrons. The summed E-state index contributed by atoms with van der Waals surface area (Å²) in [6.07, 6.45) is 2.49. The van der Waals surface area contributed by atoms with Crippen molar-refractivity contribution in [3.05, 3.63) is 65.7 Å². The third-order valence-electron chi connectivity index (χ3n) is 3.75. The van der Waals surface area contributed by atoms with E-state index >= 15 is 0 Å². The molecule has 0 aromatic heterocycles. The van der Waals surface area contributed by atoms with E-state index in [2.05, 4.69) is 70.5 Å². The Kier molecular flexibility index (Phi) is 4.29. The lowest BCUT2D eigenvalue weighted by molar-refractivity contribution is 0.543. The molecule has 1 aliphatic carbocycles. The van der Waals surface area contributed by atoms with Gasteiger partial charge in [0.1, 0.15) is 0 Å². The maximum Gasteiger partial charge on any atom is 0.0429 e. The molecule has 0 bridgehead atoms. The van der Waals surface area contributed by atoms with Crippen LogP contribution in [0.25, 0.3) is 0 Å². The van der Waals surface area contributed by atoms with Gasteiger partial charge in [-0.25, -0.2) is 0 Å². The molecular formula is C17H17BrS. The molecule has 2 aromatic carbocycles. The SMILES string of the molecule is BrC1c2ccccc2CC1CCSc1ccccc1. The maximum atomic E-state index is 3.88.